The van der Waals surface area contributed by atoms with E-state index in [1.807, 2.05) is 6.07 Å². The molecule has 6 nitrogen and oxygen atoms in total. The first-order valence-electron chi connectivity index (χ1n) is 5.51. The molecule has 0 fully saturated rings. The molecule has 0 saturated carbocycles. The minimum Gasteiger partial charge on any atom is -0.464 e. The minimum atomic E-state index is -0.556. The van der Waals surface area contributed by atoms with Gasteiger partial charge in [0, 0.05) is 4.47 Å². The summed E-state index contributed by atoms with van der Waals surface area (Å²) in [7, 11) is 1.28. The summed E-state index contributed by atoms with van der Waals surface area (Å²) in [6.45, 7) is 0. The second-order valence-corrected chi connectivity index (χ2v) is 4.57. The number of nitrogens with zero attached hydrogens (tertiary/aromatic N) is 3. The lowest BCUT2D eigenvalue weighted by Gasteiger charge is -2.08. The van der Waals surface area contributed by atoms with E-state index in [0.717, 1.165) is 0 Å². The highest BCUT2D eigenvalue weighted by Crippen LogP contribution is 2.25. The number of hydrogen-bond donors (Lipinski definition) is 1. The lowest BCUT2D eigenvalue weighted by Crippen LogP contribution is -2.06. The second kappa shape index (κ2) is 6.12. The first-order valence-corrected chi connectivity index (χ1v) is 6.30. The van der Waals surface area contributed by atoms with Crippen molar-refractivity contribution in [3.63, 3.8) is 0 Å². The summed E-state index contributed by atoms with van der Waals surface area (Å²) >= 11 is 3.35. The molecule has 0 spiro atoms. The van der Waals surface area contributed by atoms with Crippen molar-refractivity contribution in [3.8, 4) is 6.07 Å². The molecule has 1 heterocycles. The van der Waals surface area contributed by atoms with Crippen LogP contribution < -0.4 is 5.32 Å². The van der Waals surface area contributed by atoms with E-state index in [1.165, 1.54) is 19.5 Å². The fourth-order valence-electron chi connectivity index (χ4n) is 1.45. The highest BCUT2D eigenvalue weighted by molar-refractivity contribution is 9.10. The normalized spacial score (nSPS) is 9.65. The predicted molar refractivity (Wildman–Crippen MR) is 75.5 cm³/mol. The largest absolute Gasteiger partial charge is 0.464 e. The molecular formula is C13H9BrN4O2. The standard InChI is InChI=1S/C13H9BrN4O2/c1-20-13(19)11-6-16-7-12(18-11)17-10-3-2-8(5-15)4-9(10)14/h2-4,6-7H,1H3,(H,17,18). The fourth-order valence-corrected chi connectivity index (χ4v) is 1.93. The van der Waals surface area contributed by atoms with Gasteiger partial charge in [0.05, 0.1) is 36.8 Å². The van der Waals surface area contributed by atoms with Crippen LogP contribution in [0.25, 0.3) is 0 Å². The Labute approximate surface area is 123 Å². The Morgan fingerprint density at radius 2 is 2.25 bits per heavy atom. The number of anilines is 2. The number of nitriles is 1. The molecule has 0 radical (unpaired) electrons. The van der Waals surface area contributed by atoms with E-state index < -0.39 is 5.97 Å². The van der Waals surface area contributed by atoms with Gasteiger partial charge in [0.1, 0.15) is 5.82 Å². The quantitative estimate of drug-likeness (QED) is 0.869. The van der Waals surface area contributed by atoms with E-state index >= 15 is 0 Å². The summed E-state index contributed by atoms with van der Waals surface area (Å²) < 4.78 is 5.29. The Morgan fingerprint density at radius 1 is 1.45 bits per heavy atom. The van der Waals surface area contributed by atoms with Gasteiger partial charge in [-0.2, -0.15) is 5.26 Å². The van der Waals surface area contributed by atoms with Crippen molar-refractivity contribution >= 4 is 33.4 Å². The number of rotatable bonds is 3. The molecule has 1 N–H and O–H groups in total. The Hall–Kier alpha value is -2.46. The van der Waals surface area contributed by atoms with Crippen LogP contribution in [-0.2, 0) is 4.74 Å². The third-order valence-electron chi connectivity index (χ3n) is 2.39. The number of esters is 1. The summed E-state index contributed by atoms with van der Waals surface area (Å²) in [6.07, 6.45) is 2.81. The topological polar surface area (TPSA) is 87.9 Å². The molecule has 0 aliphatic carbocycles. The number of carbonyl (C=O) groups excluding carboxylic acids is 1. The van der Waals surface area contributed by atoms with Gasteiger partial charge in [-0.15, -0.1) is 0 Å². The van der Waals surface area contributed by atoms with E-state index in [4.69, 9.17) is 5.26 Å². The molecule has 0 amide bonds. The highest BCUT2D eigenvalue weighted by Gasteiger charge is 2.09. The molecule has 0 saturated heterocycles. The van der Waals surface area contributed by atoms with Crippen LogP contribution in [-0.4, -0.2) is 23.0 Å². The average molecular weight is 333 g/mol. The maximum Gasteiger partial charge on any atom is 0.358 e. The maximum atomic E-state index is 11.4. The summed E-state index contributed by atoms with van der Waals surface area (Å²) in [6, 6.07) is 7.13. The average Bonchev–Trinajstić information content (AvgIpc) is 2.48. The van der Waals surface area contributed by atoms with Gasteiger partial charge < -0.3 is 10.1 Å². The monoisotopic (exact) mass is 332 g/mol. The third-order valence-corrected chi connectivity index (χ3v) is 3.05. The number of halogens is 1. The molecule has 0 aliphatic heterocycles. The summed E-state index contributed by atoms with van der Waals surface area (Å²) in [5.41, 5.74) is 1.36. The lowest BCUT2D eigenvalue weighted by atomic mass is 10.2. The number of aromatic nitrogens is 2. The predicted octanol–water partition coefficient (Wildman–Crippen LogP) is 2.64. The molecule has 7 heteroatoms. The Balaban J connectivity index is 2.26. The molecule has 20 heavy (non-hydrogen) atoms. The van der Waals surface area contributed by atoms with E-state index in [-0.39, 0.29) is 5.69 Å². The van der Waals surface area contributed by atoms with Crippen molar-refractivity contribution < 1.29 is 9.53 Å². The van der Waals surface area contributed by atoms with Crippen LogP contribution in [0.5, 0.6) is 0 Å². The van der Waals surface area contributed by atoms with E-state index in [0.29, 0.717) is 21.5 Å². The molecule has 2 rings (SSSR count). The van der Waals surface area contributed by atoms with Gasteiger partial charge in [-0.05, 0) is 34.1 Å². The number of benzene rings is 1. The molecular weight excluding hydrogens is 324 g/mol. The van der Waals surface area contributed by atoms with Crippen LogP contribution in [0, 0.1) is 11.3 Å². The van der Waals surface area contributed by atoms with Crippen molar-refractivity contribution in [1.82, 2.24) is 9.97 Å². The van der Waals surface area contributed by atoms with E-state index in [1.54, 1.807) is 18.2 Å². The minimum absolute atomic E-state index is 0.113. The fraction of sp³-hybridized carbons (Fsp3) is 0.0769. The lowest BCUT2D eigenvalue weighted by molar-refractivity contribution is 0.0593. The van der Waals surface area contributed by atoms with Gasteiger partial charge in [-0.3, -0.25) is 4.98 Å². The highest BCUT2D eigenvalue weighted by atomic mass is 79.9. The zero-order valence-electron chi connectivity index (χ0n) is 10.4. The number of ether oxygens (including phenoxy) is 1. The van der Waals surface area contributed by atoms with Crippen LogP contribution >= 0.6 is 15.9 Å². The summed E-state index contributed by atoms with van der Waals surface area (Å²) in [4.78, 5) is 19.4. The molecule has 0 bridgehead atoms. The Morgan fingerprint density at radius 3 is 2.90 bits per heavy atom. The number of hydrogen-bond acceptors (Lipinski definition) is 6. The van der Waals surface area contributed by atoms with Gasteiger partial charge in [0.2, 0.25) is 0 Å². The van der Waals surface area contributed by atoms with Gasteiger partial charge in [-0.25, -0.2) is 9.78 Å². The van der Waals surface area contributed by atoms with Crippen LogP contribution in [0.4, 0.5) is 11.5 Å². The maximum absolute atomic E-state index is 11.4. The van der Waals surface area contributed by atoms with Gasteiger partial charge in [-0.1, -0.05) is 0 Å². The number of methoxy groups -OCH3 is 1. The molecule has 1 aromatic heterocycles. The summed E-state index contributed by atoms with van der Waals surface area (Å²) in [5.74, 6) is -0.154. The van der Waals surface area contributed by atoms with E-state index in [9.17, 15) is 4.79 Å². The van der Waals surface area contributed by atoms with Crippen molar-refractivity contribution in [2.75, 3.05) is 12.4 Å². The van der Waals surface area contributed by atoms with Gasteiger partial charge in [0.25, 0.3) is 0 Å². The van der Waals surface area contributed by atoms with E-state index in [2.05, 4.69) is 36.0 Å². The molecule has 0 aliphatic rings. The second-order valence-electron chi connectivity index (χ2n) is 3.71. The first kappa shape index (κ1) is 14.0. The zero-order chi connectivity index (χ0) is 14.5. The molecule has 1 aromatic carbocycles. The Kier molecular flexibility index (Phi) is 4.27. The first-order chi connectivity index (χ1) is 9.63. The van der Waals surface area contributed by atoms with Crippen LogP contribution in [0.3, 0.4) is 0 Å². The van der Waals surface area contributed by atoms with Crippen molar-refractivity contribution in [3.05, 3.63) is 46.3 Å². The molecule has 2 aromatic rings. The van der Waals surface area contributed by atoms with Crippen LogP contribution in [0.15, 0.2) is 35.1 Å². The van der Waals surface area contributed by atoms with Crippen LogP contribution in [0.1, 0.15) is 16.1 Å². The van der Waals surface area contributed by atoms with Gasteiger partial charge >= 0.3 is 5.97 Å². The SMILES string of the molecule is COC(=O)c1cncc(Nc2ccc(C#N)cc2Br)n1. The third kappa shape index (κ3) is 3.10. The molecule has 0 unspecified atom stereocenters. The smallest absolute Gasteiger partial charge is 0.358 e. The van der Waals surface area contributed by atoms with Crippen LogP contribution in [0.2, 0.25) is 0 Å². The number of carbonyl (C=O) groups is 1. The van der Waals surface area contributed by atoms with Gasteiger partial charge in [0.15, 0.2) is 5.69 Å². The molecule has 100 valence electrons. The molecule has 0 atom stereocenters. The van der Waals surface area contributed by atoms with Crippen molar-refractivity contribution in [2.24, 2.45) is 0 Å². The zero-order valence-corrected chi connectivity index (χ0v) is 12.0. The Bertz CT molecular complexity index is 697. The summed E-state index contributed by atoms with van der Waals surface area (Å²) in [5, 5.41) is 11.8. The van der Waals surface area contributed by atoms with Crippen molar-refractivity contribution in [1.29, 1.82) is 5.26 Å². The van der Waals surface area contributed by atoms with Crippen molar-refractivity contribution in [2.45, 2.75) is 0 Å². The number of nitrogens with one attached hydrogen (secondary N) is 1.